The van der Waals surface area contributed by atoms with Gasteiger partial charge in [-0.15, -0.1) is 0 Å². The van der Waals surface area contributed by atoms with Crippen LogP contribution < -0.4 is 15.4 Å². The predicted molar refractivity (Wildman–Crippen MR) is 147 cm³/mol. The average Bonchev–Trinajstić information content (AvgIpc) is 3.37. The number of aromatic nitrogens is 3. The number of carboxylic acid groups (broad SMARTS) is 1. The van der Waals surface area contributed by atoms with Crippen LogP contribution in [-0.4, -0.2) is 52.8 Å². The third kappa shape index (κ3) is 6.48. The Morgan fingerprint density at radius 3 is 2.44 bits per heavy atom. The third-order valence-electron chi connectivity index (χ3n) is 5.87. The van der Waals surface area contributed by atoms with Crippen molar-refractivity contribution in [2.45, 2.75) is 29.8 Å². The predicted octanol–water partition coefficient (Wildman–Crippen LogP) is 4.04. The summed E-state index contributed by atoms with van der Waals surface area (Å²) in [5, 5.41) is 22.5. The fourth-order valence-electron chi connectivity index (χ4n) is 3.99. The highest BCUT2D eigenvalue weighted by Crippen LogP contribution is 2.30. The van der Waals surface area contributed by atoms with E-state index in [1.807, 2.05) is 6.07 Å². The number of aromatic amines is 1. The number of H-pyrrole nitrogens is 1. The number of carbonyl (C=O) groups excluding carboxylic acids is 1. The quantitative estimate of drug-likeness (QED) is 0.122. The molecule has 204 valence electrons. The van der Waals surface area contributed by atoms with Crippen LogP contribution in [0.15, 0.2) is 71.9 Å². The van der Waals surface area contributed by atoms with Crippen molar-refractivity contribution in [3.05, 3.63) is 82.6 Å². The Kier molecular flexibility index (Phi) is 8.70. The fourth-order valence-corrected chi connectivity index (χ4v) is 6.45. The summed E-state index contributed by atoms with van der Waals surface area (Å²) in [5.74, 6) is -1.79. The van der Waals surface area contributed by atoms with E-state index in [0.717, 1.165) is 0 Å². The number of rotatable bonds is 12. The van der Waals surface area contributed by atoms with Crippen molar-refractivity contribution in [3.63, 3.8) is 0 Å². The largest absolute Gasteiger partial charge is 0.478 e. The van der Waals surface area contributed by atoms with Crippen LogP contribution in [0.1, 0.15) is 29.6 Å². The van der Waals surface area contributed by atoms with Crippen LogP contribution in [0.5, 0.6) is 0 Å². The highest BCUT2D eigenvalue weighted by atomic mass is 35.5. The minimum Gasteiger partial charge on any atom is -0.478 e. The van der Waals surface area contributed by atoms with E-state index in [-0.39, 0.29) is 28.5 Å². The van der Waals surface area contributed by atoms with Crippen LogP contribution in [0.25, 0.3) is 10.9 Å². The maximum Gasteiger partial charge on any atom is 0.345 e. The molecule has 2 aromatic heterocycles. The maximum absolute atomic E-state index is 13.4. The number of carboxylic acids is 1. The first-order valence-electron chi connectivity index (χ1n) is 11.7. The van der Waals surface area contributed by atoms with Crippen molar-refractivity contribution >= 4 is 61.8 Å². The summed E-state index contributed by atoms with van der Waals surface area (Å²) in [4.78, 5) is 29.8. The van der Waals surface area contributed by atoms with Crippen LogP contribution in [-0.2, 0) is 14.8 Å². The third-order valence-corrected chi connectivity index (χ3v) is 8.32. The lowest BCUT2D eigenvalue weighted by molar-refractivity contribution is -0.145. The molecule has 4 aromatic rings. The molecule has 2 heterocycles. The number of hydrogen-bond donors (Lipinski definition) is 5. The number of anilines is 1. The lowest BCUT2D eigenvalue weighted by Gasteiger charge is -2.31. The van der Waals surface area contributed by atoms with Crippen molar-refractivity contribution in [1.82, 2.24) is 25.2 Å². The number of aliphatic carboxylic acids is 1. The molecule has 0 aliphatic rings. The highest BCUT2D eigenvalue weighted by Gasteiger charge is 2.45. The summed E-state index contributed by atoms with van der Waals surface area (Å²) < 4.78 is 29.0. The van der Waals surface area contributed by atoms with E-state index in [9.17, 15) is 23.1 Å². The first kappa shape index (κ1) is 28.3. The van der Waals surface area contributed by atoms with Crippen LogP contribution in [0.3, 0.4) is 0 Å². The minimum absolute atomic E-state index is 0.110. The molecule has 14 heteroatoms. The van der Waals surface area contributed by atoms with E-state index in [1.54, 1.807) is 30.5 Å². The van der Waals surface area contributed by atoms with Crippen molar-refractivity contribution in [1.29, 1.82) is 0 Å². The molecule has 0 radical (unpaired) electrons. The molecular formula is C25H24Cl2N6O5S. The number of carbonyl (C=O) groups is 2. The summed E-state index contributed by atoms with van der Waals surface area (Å²) >= 11 is 12.2. The summed E-state index contributed by atoms with van der Waals surface area (Å²) in [5.41, 5.74) is -1.78. The first-order chi connectivity index (χ1) is 18.6. The van der Waals surface area contributed by atoms with Gasteiger partial charge in [0.1, 0.15) is 10.7 Å². The molecule has 0 aliphatic carbocycles. The van der Waals surface area contributed by atoms with Gasteiger partial charge in [0.05, 0.1) is 27.3 Å². The number of fused-ring (bicyclic) bond motifs is 1. The molecule has 0 fully saturated rings. The van der Waals surface area contributed by atoms with E-state index < -0.39 is 32.5 Å². The lowest BCUT2D eigenvalue weighted by atomic mass is 10.0. The Morgan fingerprint density at radius 1 is 1.00 bits per heavy atom. The van der Waals surface area contributed by atoms with Gasteiger partial charge in [0.25, 0.3) is 5.91 Å². The number of benzene rings is 2. The molecule has 0 bridgehead atoms. The molecule has 1 atom stereocenters. The lowest BCUT2D eigenvalue weighted by Crippen LogP contribution is -2.65. The van der Waals surface area contributed by atoms with Crippen LogP contribution >= 0.6 is 23.2 Å². The second kappa shape index (κ2) is 12.0. The molecule has 0 saturated heterocycles. The maximum atomic E-state index is 13.4. The highest BCUT2D eigenvalue weighted by molar-refractivity contribution is 7.89. The number of hydrogen-bond acceptors (Lipinski definition) is 7. The van der Waals surface area contributed by atoms with E-state index in [1.165, 1.54) is 30.5 Å². The molecular weight excluding hydrogens is 567 g/mol. The Balaban J connectivity index is 1.63. The van der Waals surface area contributed by atoms with Gasteiger partial charge in [0.2, 0.25) is 15.7 Å². The smallest absolute Gasteiger partial charge is 0.345 e. The van der Waals surface area contributed by atoms with Crippen LogP contribution in [0.4, 0.5) is 5.82 Å². The van der Waals surface area contributed by atoms with Crippen molar-refractivity contribution in [2.75, 3.05) is 11.9 Å². The molecule has 2 aromatic carbocycles. The standard InChI is InChI=1S/C25H24Cl2N6O5S/c26-18-8-6-9-19(27)22(18)39(37,38)33-25(24(35)36,12-2-4-14-29-21-11-1-3-13-28-21)31-23(34)16-7-5-10-20-17(16)15-30-32-20/h1,3,5-11,13,15,33H,2,4,12,14H2,(H,28,29)(H,30,32)(H,31,34)(H,35,36). The Hall–Kier alpha value is -3.71. The van der Waals surface area contributed by atoms with Gasteiger partial charge in [-0.1, -0.05) is 41.4 Å². The number of nitrogens with zero attached hydrogens (tertiary/aromatic N) is 2. The number of nitrogens with one attached hydrogen (secondary N) is 4. The molecule has 0 spiro atoms. The molecule has 39 heavy (non-hydrogen) atoms. The van der Waals surface area contributed by atoms with Gasteiger partial charge >= 0.3 is 5.97 Å². The van der Waals surface area contributed by atoms with Gasteiger partial charge in [-0.05, 0) is 55.7 Å². The molecule has 11 nitrogen and oxygen atoms in total. The summed E-state index contributed by atoms with van der Waals surface area (Å²) in [7, 11) is -4.62. The van der Waals surface area contributed by atoms with Gasteiger partial charge in [0.15, 0.2) is 0 Å². The molecule has 0 saturated carbocycles. The summed E-state index contributed by atoms with van der Waals surface area (Å²) in [6.07, 6.45) is 3.40. The monoisotopic (exact) mass is 590 g/mol. The van der Waals surface area contributed by atoms with Gasteiger partial charge in [-0.2, -0.15) is 9.82 Å². The van der Waals surface area contributed by atoms with Gasteiger partial charge in [-0.3, -0.25) is 9.89 Å². The Bertz CT molecular complexity index is 1580. The Morgan fingerprint density at radius 2 is 1.74 bits per heavy atom. The normalized spacial score (nSPS) is 13.1. The Labute approximate surface area is 234 Å². The summed E-state index contributed by atoms with van der Waals surface area (Å²) in [6.45, 7) is 0.429. The number of amides is 1. The van der Waals surface area contributed by atoms with Crippen molar-refractivity contribution in [3.8, 4) is 0 Å². The molecule has 4 rings (SSSR count). The first-order valence-corrected chi connectivity index (χ1v) is 14.0. The average molecular weight is 591 g/mol. The van der Waals surface area contributed by atoms with E-state index >= 15 is 0 Å². The van der Waals surface area contributed by atoms with Gasteiger partial charge in [-0.25, -0.2) is 18.2 Å². The zero-order chi connectivity index (χ0) is 28.0. The number of pyridine rings is 1. The zero-order valence-electron chi connectivity index (χ0n) is 20.3. The van der Waals surface area contributed by atoms with E-state index in [0.29, 0.717) is 29.7 Å². The van der Waals surface area contributed by atoms with Crippen molar-refractivity contribution in [2.24, 2.45) is 0 Å². The number of halogens is 2. The van der Waals surface area contributed by atoms with Gasteiger partial charge in [0, 0.05) is 18.1 Å². The van der Waals surface area contributed by atoms with Crippen LogP contribution in [0.2, 0.25) is 10.0 Å². The molecule has 1 unspecified atom stereocenters. The fraction of sp³-hybridized carbons (Fsp3) is 0.200. The van der Waals surface area contributed by atoms with E-state index in [2.05, 4.69) is 30.5 Å². The SMILES string of the molecule is O=C(NC(CCCCNc1ccccn1)(NS(=O)(=O)c1c(Cl)cccc1Cl)C(=O)O)c1cccc2[nH]ncc12. The summed E-state index contributed by atoms with van der Waals surface area (Å²) in [6, 6.07) is 14.2. The zero-order valence-corrected chi connectivity index (χ0v) is 22.6. The molecule has 1 amide bonds. The van der Waals surface area contributed by atoms with E-state index in [4.69, 9.17) is 23.2 Å². The number of sulfonamides is 1. The second-order valence-corrected chi connectivity index (χ2v) is 11.0. The molecule has 5 N–H and O–H groups in total. The van der Waals surface area contributed by atoms with Gasteiger partial charge < -0.3 is 15.7 Å². The minimum atomic E-state index is -4.62. The van der Waals surface area contributed by atoms with Crippen molar-refractivity contribution < 1.29 is 23.1 Å². The second-order valence-electron chi connectivity index (χ2n) is 8.56. The molecule has 0 aliphatic heterocycles. The topological polar surface area (TPSA) is 166 Å². The van der Waals surface area contributed by atoms with Crippen LogP contribution in [0, 0.1) is 0 Å². The number of unbranched alkanes of at least 4 members (excludes halogenated alkanes) is 1.